The van der Waals surface area contributed by atoms with Crippen LogP contribution < -0.4 is 11.1 Å². The van der Waals surface area contributed by atoms with Crippen LogP contribution in [0.25, 0.3) is 0 Å². The van der Waals surface area contributed by atoms with Crippen LogP contribution in [0.4, 0.5) is 0 Å². The fraction of sp³-hybridized carbons (Fsp3) is 0.636. The van der Waals surface area contributed by atoms with Crippen molar-refractivity contribution in [3.8, 4) is 0 Å². The largest absolute Gasteiger partial charge is 0.329 e. The molecule has 92 valence electrons. The Hall–Kier alpha value is 0.390. The number of thiophene rings is 1. The summed E-state index contributed by atoms with van der Waals surface area (Å²) in [6.45, 7) is 3.90. The molecule has 0 saturated heterocycles. The molecule has 1 unspecified atom stereocenters. The molecule has 2 nitrogen and oxygen atoms in total. The topological polar surface area (TPSA) is 38.0 Å². The average Bonchev–Trinajstić information content (AvgIpc) is 3.00. The maximum absolute atomic E-state index is 5.85. The lowest BCUT2D eigenvalue weighted by Crippen LogP contribution is -2.50. The lowest BCUT2D eigenvalue weighted by atomic mass is 9.96. The van der Waals surface area contributed by atoms with Crippen LogP contribution >= 0.6 is 39.7 Å². The van der Waals surface area contributed by atoms with Gasteiger partial charge in [0, 0.05) is 23.5 Å². The zero-order chi connectivity index (χ0) is 10.9. The third-order valence-electron chi connectivity index (χ3n) is 3.20. The maximum Gasteiger partial charge on any atom is 0.0701 e. The highest BCUT2D eigenvalue weighted by atomic mass is 79.9. The van der Waals surface area contributed by atoms with Crippen LogP contribution in [0.5, 0.6) is 0 Å². The summed E-state index contributed by atoms with van der Waals surface area (Å²) >= 11 is 5.26. The van der Waals surface area contributed by atoms with Gasteiger partial charge in [-0.2, -0.15) is 0 Å². The van der Waals surface area contributed by atoms with Gasteiger partial charge in [0.2, 0.25) is 0 Å². The van der Waals surface area contributed by atoms with Gasteiger partial charge in [0.05, 0.1) is 3.79 Å². The predicted octanol–water partition coefficient (Wildman–Crippen LogP) is 3.15. The summed E-state index contributed by atoms with van der Waals surface area (Å²) in [5.41, 5.74) is 5.98. The molecule has 1 heterocycles. The van der Waals surface area contributed by atoms with Gasteiger partial charge in [-0.1, -0.05) is 0 Å². The van der Waals surface area contributed by atoms with Gasteiger partial charge in [0.25, 0.3) is 0 Å². The molecule has 0 aromatic carbocycles. The van der Waals surface area contributed by atoms with Crippen LogP contribution in [0.1, 0.15) is 24.6 Å². The van der Waals surface area contributed by atoms with Crippen molar-refractivity contribution in [2.75, 3.05) is 6.54 Å². The highest BCUT2D eigenvalue weighted by Crippen LogP contribution is 2.39. The summed E-state index contributed by atoms with van der Waals surface area (Å²) in [5.74, 6) is 0.783. The first-order valence-electron chi connectivity index (χ1n) is 5.33. The van der Waals surface area contributed by atoms with Crippen LogP contribution in [0.3, 0.4) is 0 Å². The van der Waals surface area contributed by atoms with E-state index in [4.69, 9.17) is 5.73 Å². The van der Waals surface area contributed by atoms with Crippen LogP contribution in [0.15, 0.2) is 15.9 Å². The highest BCUT2D eigenvalue weighted by molar-refractivity contribution is 9.11. The molecule has 1 aliphatic rings. The van der Waals surface area contributed by atoms with Crippen LogP contribution in [-0.2, 0) is 6.54 Å². The van der Waals surface area contributed by atoms with Gasteiger partial charge in [0.15, 0.2) is 0 Å². The second-order valence-electron chi connectivity index (χ2n) is 4.46. The van der Waals surface area contributed by atoms with Crippen molar-refractivity contribution in [3.63, 3.8) is 0 Å². The van der Waals surface area contributed by atoms with Crippen molar-refractivity contribution in [1.29, 1.82) is 0 Å². The number of nitrogens with one attached hydrogen (secondary N) is 1. The summed E-state index contributed by atoms with van der Waals surface area (Å²) in [6.07, 6.45) is 2.66. The average molecular weight is 326 g/mol. The smallest absolute Gasteiger partial charge is 0.0701 e. The zero-order valence-electron chi connectivity index (χ0n) is 9.33. The SMILES string of the molecule is CC(CN)(NCc1ccc(Br)s1)C1CC1.Cl. The number of hydrogen-bond acceptors (Lipinski definition) is 3. The highest BCUT2D eigenvalue weighted by Gasteiger charge is 2.39. The fourth-order valence-electron chi connectivity index (χ4n) is 1.84. The molecule has 1 aliphatic carbocycles. The third-order valence-corrected chi connectivity index (χ3v) is 4.82. The van der Waals surface area contributed by atoms with E-state index in [1.165, 1.54) is 21.5 Å². The lowest BCUT2D eigenvalue weighted by molar-refractivity contribution is 0.318. The Labute approximate surface area is 116 Å². The quantitative estimate of drug-likeness (QED) is 0.873. The summed E-state index contributed by atoms with van der Waals surface area (Å²) in [4.78, 5) is 1.36. The summed E-state index contributed by atoms with van der Waals surface area (Å²) in [7, 11) is 0. The van der Waals surface area contributed by atoms with E-state index in [0.29, 0.717) is 0 Å². The number of nitrogens with two attached hydrogens (primary N) is 1. The Balaban J connectivity index is 0.00000128. The van der Waals surface area contributed by atoms with E-state index < -0.39 is 0 Å². The summed E-state index contributed by atoms with van der Waals surface area (Å²) in [6, 6.07) is 4.25. The van der Waals surface area contributed by atoms with Crippen molar-refractivity contribution in [2.45, 2.75) is 31.8 Å². The molecule has 0 bridgehead atoms. The molecule has 0 aliphatic heterocycles. The molecule has 16 heavy (non-hydrogen) atoms. The van der Waals surface area contributed by atoms with E-state index in [-0.39, 0.29) is 17.9 Å². The normalized spacial score (nSPS) is 18.9. The van der Waals surface area contributed by atoms with Gasteiger partial charge in [-0.3, -0.25) is 0 Å². The van der Waals surface area contributed by atoms with Gasteiger partial charge in [-0.05, 0) is 53.7 Å². The molecule has 2 rings (SSSR count). The minimum Gasteiger partial charge on any atom is -0.329 e. The van der Waals surface area contributed by atoms with E-state index in [9.17, 15) is 0 Å². The molecular weight excluding hydrogens is 308 g/mol. The van der Waals surface area contributed by atoms with Crippen LogP contribution in [-0.4, -0.2) is 12.1 Å². The molecule has 1 aromatic heterocycles. The van der Waals surface area contributed by atoms with Crippen LogP contribution in [0, 0.1) is 5.92 Å². The number of rotatable bonds is 5. The Morgan fingerprint density at radius 3 is 2.69 bits per heavy atom. The molecule has 1 atom stereocenters. The molecule has 0 spiro atoms. The van der Waals surface area contributed by atoms with E-state index in [1.54, 1.807) is 11.3 Å². The zero-order valence-corrected chi connectivity index (χ0v) is 12.6. The predicted molar refractivity (Wildman–Crippen MR) is 76.3 cm³/mol. The number of hydrogen-bond donors (Lipinski definition) is 2. The Morgan fingerprint density at radius 1 is 1.56 bits per heavy atom. The monoisotopic (exact) mass is 324 g/mol. The molecular formula is C11H18BrClN2S. The second-order valence-corrected chi connectivity index (χ2v) is 7.00. The van der Waals surface area contributed by atoms with Crippen molar-refractivity contribution < 1.29 is 0 Å². The molecule has 1 saturated carbocycles. The van der Waals surface area contributed by atoms with Crippen molar-refractivity contribution in [2.24, 2.45) is 11.7 Å². The fourth-order valence-corrected chi connectivity index (χ4v) is 3.26. The Morgan fingerprint density at radius 2 is 2.25 bits per heavy atom. The molecule has 1 aromatic rings. The Bertz CT molecular complexity index is 340. The molecule has 0 amide bonds. The van der Waals surface area contributed by atoms with E-state index in [0.717, 1.165) is 19.0 Å². The van der Waals surface area contributed by atoms with Gasteiger partial charge < -0.3 is 11.1 Å². The first-order chi connectivity index (χ1) is 7.14. The van der Waals surface area contributed by atoms with Gasteiger partial charge in [-0.25, -0.2) is 0 Å². The number of halogens is 2. The summed E-state index contributed by atoms with van der Waals surface area (Å²) < 4.78 is 1.19. The molecule has 1 fully saturated rings. The van der Waals surface area contributed by atoms with Gasteiger partial charge in [0.1, 0.15) is 0 Å². The van der Waals surface area contributed by atoms with Crippen LogP contribution in [0.2, 0.25) is 0 Å². The Kier molecular flexibility index (Phi) is 5.26. The lowest BCUT2D eigenvalue weighted by Gasteiger charge is -2.29. The van der Waals surface area contributed by atoms with E-state index in [2.05, 4.69) is 40.3 Å². The first kappa shape index (κ1) is 14.5. The summed E-state index contributed by atoms with van der Waals surface area (Å²) in [5, 5.41) is 3.60. The van der Waals surface area contributed by atoms with Crippen molar-refractivity contribution in [1.82, 2.24) is 5.32 Å². The van der Waals surface area contributed by atoms with Crippen molar-refractivity contribution in [3.05, 3.63) is 20.8 Å². The third kappa shape index (κ3) is 3.44. The van der Waals surface area contributed by atoms with Gasteiger partial charge >= 0.3 is 0 Å². The minimum atomic E-state index is 0. The molecule has 5 heteroatoms. The maximum atomic E-state index is 5.85. The van der Waals surface area contributed by atoms with Gasteiger partial charge in [-0.15, -0.1) is 23.7 Å². The standard InChI is InChI=1S/C11H17BrN2S.ClH/c1-11(7-13,8-2-3-8)14-6-9-4-5-10(12)15-9;/h4-5,8,14H,2-3,6-7,13H2,1H3;1H. The first-order valence-corrected chi connectivity index (χ1v) is 6.94. The molecule has 3 N–H and O–H groups in total. The second kappa shape index (κ2) is 5.83. The minimum absolute atomic E-state index is 0. The molecule has 0 radical (unpaired) electrons. The van der Waals surface area contributed by atoms with E-state index >= 15 is 0 Å². The van der Waals surface area contributed by atoms with Crippen molar-refractivity contribution >= 4 is 39.7 Å². The van der Waals surface area contributed by atoms with E-state index in [1.807, 2.05) is 0 Å².